The van der Waals surface area contributed by atoms with Crippen LogP contribution in [0.1, 0.15) is 26.7 Å². The second-order valence-corrected chi connectivity index (χ2v) is 6.61. The molecule has 0 saturated carbocycles. The Morgan fingerprint density at radius 1 is 1.30 bits per heavy atom. The second-order valence-electron chi connectivity index (χ2n) is 6.61. The van der Waals surface area contributed by atoms with Gasteiger partial charge in [0.1, 0.15) is 0 Å². The number of aliphatic hydroxyl groups is 1. The third-order valence-electron chi connectivity index (χ3n) is 4.40. The Balaban J connectivity index is 1.77. The van der Waals surface area contributed by atoms with Gasteiger partial charge in [0.05, 0.1) is 18.3 Å². The predicted octanol–water partition coefficient (Wildman–Crippen LogP) is 0.569. The van der Waals surface area contributed by atoms with Gasteiger partial charge in [-0.3, -0.25) is 4.90 Å². The number of rotatable bonds is 5. The van der Waals surface area contributed by atoms with Crippen molar-refractivity contribution < 1.29 is 14.6 Å². The van der Waals surface area contributed by atoms with Gasteiger partial charge in [-0.1, -0.05) is 0 Å². The predicted molar refractivity (Wildman–Crippen MR) is 78.9 cm³/mol. The van der Waals surface area contributed by atoms with Crippen molar-refractivity contribution >= 4 is 0 Å². The van der Waals surface area contributed by atoms with Crippen LogP contribution in [0.5, 0.6) is 0 Å². The molecule has 0 aromatic rings. The third-order valence-corrected chi connectivity index (χ3v) is 4.40. The van der Waals surface area contributed by atoms with Gasteiger partial charge in [0, 0.05) is 58.3 Å². The molecule has 2 rings (SSSR count). The van der Waals surface area contributed by atoms with Gasteiger partial charge in [-0.25, -0.2) is 0 Å². The number of ether oxygens (including phenoxy) is 2. The molecule has 2 heterocycles. The zero-order valence-corrected chi connectivity index (χ0v) is 13.2. The van der Waals surface area contributed by atoms with E-state index in [1.165, 1.54) is 0 Å². The van der Waals surface area contributed by atoms with E-state index >= 15 is 0 Å². The standard InChI is InChI=1S/C15H30N2O3/c1-13(2)17-6-9-20-14(11-17)10-16(3)12-15(18)4-7-19-8-5-15/h13-14,18H,4-12H2,1-3H3. The summed E-state index contributed by atoms with van der Waals surface area (Å²) in [5.41, 5.74) is -0.584. The normalized spacial score (nSPS) is 28.2. The minimum Gasteiger partial charge on any atom is -0.388 e. The van der Waals surface area contributed by atoms with Gasteiger partial charge in [0.15, 0.2) is 0 Å². The maximum atomic E-state index is 10.5. The second kappa shape index (κ2) is 7.18. The van der Waals surface area contributed by atoms with Crippen LogP contribution in [0, 0.1) is 0 Å². The van der Waals surface area contributed by atoms with E-state index in [1.807, 2.05) is 0 Å². The highest BCUT2D eigenvalue weighted by Gasteiger charge is 2.32. The molecule has 0 radical (unpaired) electrons. The van der Waals surface area contributed by atoms with Crippen LogP contribution >= 0.6 is 0 Å². The molecule has 5 heteroatoms. The number of nitrogens with zero attached hydrogens (tertiary/aromatic N) is 2. The van der Waals surface area contributed by atoms with E-state index in [-0.39, 0.29) is 6.10 Å². The fraction of sp³-hybridized carbons (Fsp3) is 1.00. The molecule has 1 N–H and O–H groups in total. The van der Waals surface area contributed by atoms with E-state index in [4.69, 9.17) is 9.47 Å². The van der Waals surface area contributed by atoms with Crippen LogP contribution in [0.4, 0.5) is 0 Å². The summed E-state index contributed by atoms with van der Waals surface area (Å²) < 4.78 is 11.2. The minimum absolute atomic E-state index is 0.250. The van der Waals surface area contributed by atoms with E-state index in [0.717, 1.165) is 39.1 Å². The topological polar surface area (TPSA) is 45.2 Å². The molecule has 5 nitrogen and oxygen atoms in total. The average Bonchev–Trinajstić information content (AvgIpc) is 2.39. The smallest absolute Gasteiger partial charge is 0.0829 e. The fourth-order valence-corrected chi connectivity index (χ4v) is 3.15. The summed E-state index contributed by atoms with van der Waals surface area (Å²) in [5.74, 6) is 0. The van der Waals surface area contributed by atoms with Crippen LogP contribution in [0.3, 0.4) is 0 Å². The summed E-state index contributed by atoms with van der Waals surface area (Å²) in [6.07, 6.45) is 1.72. The SMILES string of the molecule is CC(C)N1CCOC(CN(C)CC2(O)CCOCC2)C1. The lowest BCUT2D eigenvalue weighted by molar-refractivity contribution is -0.0902. The van der Waals surface area contributed by atoms with Crippen molar-refractivity contribution in [3.8, 4) is 0 Å². The highest BCUT2D eigenvalue weighted by atomic mass is 16.5. The molecule has 0 aromatic carbocycles. The summed E-state index contributed by atoms with van der Waals surface area (Å²) in [6, 6.07) is 0.575. The Morgan fingerprint density at radius 3 is 2.65 bits per heavy atom. The summed E-state index contributed by atoms with van der Waals surface area (Å²) in [7, 11) is 2.07. The van der Waals surface area contributed by atoms with Crippen molar-refractivity contribution in [2.75, 3.05) is 53.0 Å². The molecule has 2 aliphatic rings. The van der Waals surface area contributed by atoms with Crippen LogP contribution in [0.2, 0.25) is 0 Å². The van der Waals surface area contributed by atoms with Crippen molar-refractivity contribution in [1.29, 1.82) is 0 Å². The first-order chi connectivity index (χ1) is 9.48. The maximum absolute atomic E-state index is 10.5. The van der Waals surface area contributed by atoms with E-state index in [2.05, 4.69) is 30.7 Å². The van der Waals surface area contributed by atoms with Crippen LogP contribution in [0.15, 0.2) is 0 Å². The minimum atomic E-state index is -0.584. The molecular formula is C15H30N2O3. The first kappa shape index (κ1) is 16.2. The van der Waals surface area contributed by atoms with Crippen LogP contribution < -0.4 is 0 Å². The molecule has 1 atom stereocenters. The Kier molecular flexibility index (Phi) is 5.81. The molecule has 0 bridgehead atoms. The highest BCUT2D eigenvalue weighted by molar-refractivity contribution is 4.85. The Labute approximate surface area is 122 Å². The van der Waals surface area contributed by atoms with Crippen molar-refractivity contribution in [3.63, 3.8) is 0 Å². The van der Waals surface area contributed by atoms with E-state index in [1.54, 1.807) is 0 Å². The van der Waals surface area contributed by atoms with Gasteiger partial charge in [0.25, 0.3) is 0 Å². The Morgan fingerprint density at radius 2 is 2.00 bits per heavy atom. The zero-order chi connectivity index (χ0) is 14.6. The summed E-state index contributed by atoms with van der Waals surface area (Å²) in [5, 5.41) is 10.5. The first-order valence-electron chi connectivity index (χ1n) is 7.83. The summed E-state index contributed by atoms with van der Waals surface area (Å²) in [4.78, 5) is 4.67. The van der Waals surface area contributed by atoms with E-state index in [0.29, 0.717) is 25.8 Å². The first-order valence-corrected chi connectivity index (χ1v) is 7.83. The lowest BCUT2D eigenvalue weighted by Gasteiger charge is -2.39. The van der Waals surface area contributed by atoms with Gasteiger partial charge in [-0.05, 0) is 20.9 Å². The molecular weight excluding hydrogens is 256 g/mol. The van der Waals surface area contributed by atoms with Crippen molar-refractivity contribution in [2.45, 2.75) is 44.4 Å². The van der Waals surface area contributed by atoms with Crippen LogP contribution in [-0.4, -0.2) is 85.7 Å². The molecule has 2 aliphatic heterocycles. The lowest BCUT2D eigenvalue weighted by Crippen LogP contribution is -2.52. The summed E-state index contributed by atoms with van der Waals surface area (Å²) in [6.45, 7) is 10.2. The summed E-state index contributed by atoms with van der Waals surface area (Å²) >= 11 is 0. The molecule has 118 valence electrons. The average molecular weight is 286 g/mol. The third kappa shape index (κ3) is 4.67. The van der Waals surface area contributed by atoms with Crippen LogP contribution in [0.25, 0.3) is 0 Å². The van der Waals surface area contributed by atoms with Gasteiger partial charge < -0.3 is 19.5 Å². The van der Waals surface area contributed by atoms with E-state index in [9.17, 15) is 5.11 Å². The monoisotopic (exact) mass is 286 g/mol. The maximum Gasteiger partial charge on any atom is 0.0829 e. The largest absolute Gasteiger partial charge is 0.388 e. The van der Waals surface area contributed by atoms with Gasteiger partial charge in [0.2, 0.25) is 0 Å². The number of hydrogen-bond acceptors (Lipinski definition) is 5. The molecule has 20 heavy (non-hydrogen) atoms. The number of likely N-dealkylation sites (N-methyl/N-ethyl adjacent to an activating group) is 1. The van der Waals surface area contributed by atoms with Crippen molar-refractivity contribution in [2.24, 2.45) is 0 Å². The van der Waals surface area contributed by atoms with E-state index < -0.39 is 5.60 Å². The molecule has 0 amide bonds. The molecule has 0 aromatic heterocycles. The lowest BCUT2D eigenvalue weighted by atomic mass is 9.94. The zero-order valence-electron chi connectivity index (χ0n) is 13.2. The number of morpholine rings is 1. The quantitative estimate of drug-likeness (QED) is 0.800. The molecule has 2 saturated heterocycles. The molecule has 1 unspecified atom stereocenters. The van der Waals surface area contributed by atoms with Crippen molar-refractivity contribution in [1.82, 2.24) is 9.80 Å². The number of hydrogen-bond donors (Lipinski definition) is 1. The van der Waals surface area contributed by atoms with Gasteiger partial charge >= 0.3 is 0 Å². The van der Waals surface area contributed by atoms with Gasteiger partial charge in [-0.15, -0.1) is 0 Å². The fourth-order valence-electron chi connectivity index (χ4n) is 3.15. The van der Waals surface area contributed by atoms with Crippen LogP contribution in [-0.2, 0) is 9.47 Å². The highest BCUT2D eigenvalue weighted by Crippen LogP contribution is 2.21. The Bertz CT molecular complexity index is 293. The molecule has 0 aliphatic carbocycles. The van der Waals surface area contributed by atoms with Crippen molar-refractivity contribution in [3.05, 3.63) is 0 Å². The Hall–Kier alpha value is -0.200. The molecule has 2 fully saturated rings. The van der Waals surface area contributed by atoms with Gasteiger partial charge in [-0.2, -0.15) is 0 Å². The molecule has 0 spiro atoms.